The van der Waals surface area contributed by atoms with Gasteiger partial charge in [0.25, 0.3) is 10.5 Å². The summed E-state index contributed by atoms with van der Waals surface area (Å²) < 4.78 is 11.3. The maximum atomic E-state index is 12.1. The molecule has 0 bridgehead atoms. The highest BCUT2D eigenvalue weighted by Crippen LogP contribution is 2.25. The van der Waals surface area contributed by atoms with Gasteiger partial charge in [0, 0.05) is 20.7 Å². The number of carboxylic acid groups (broad SMARTS) is 1. The maximum absolute atomic E-state index is 12.1. The number of thioether (sulfide) groups is 2. The summed E-state index contributed by atoms with van der Waals surface area (Å²) >= 11 is 2.03. The van der Waals surface area contributed by atoms with Crippen molar-refractivity contribution < 1.29 is 54.4 Å². The Morgan fingerprint density at radius 2 is 1.10 bits per heavy atom. The number of imide groups is 2. The van der Waals surface area contributed by atoms with E-state index in [-0.39, 0.29) is 48.0 Å². The van der Waals surface area contributed by atoms with Gasteiger partial charge in [-0.3, -0.25) is 49.4 Å². The zero-order valence-electron chi connectivity index (χ0n) is 33.2. The summed E-state index contributed by atoms with van der Waals surface area (Å²) in [5, 5.41) is 14.9. The van der Waals surface area contributed by atoms with Crippen molar-refractivity contribution in [1.29, 1.82) is 0 Å². The Morgan fingerprint density at radius 1 is 0.683 bits per heavy atom. The molecule has 2 atom stereocenters. The summed E-state index contributed by atoms with van der Waals surface area (Å²) in [6.45, 7) is 5.22. The van der Waals surface area contributed by atoms with Gasteiger partial charge in [0.05, 0.1) is 16.2 Å². The van der Waals surface area contributed by atoms with Gasteiger partial charge in [-0.15, -0.1) is 0 Å². The number of Topliss-reactive ketones (excluding diaryl/α,β-unsaturated/α-hetero) is 2. The molecule has 0 radical (unpaired) electrons. The summed E-state index contributed by atoms with van der Waals surface area (Å²) in [6.07, 6.45) is 6.27. The highest BCUT2D eigenvalue weighted by molar-refractivity contribution is 8.15. The van der Waals surface area contributed by atoms with Crippen molar-refractivity contribution in [2.75, 3.05) is 20.3 Å². The van der Waals surface area contributed by atoms with Crippen LogP contribution in [0.1, 0.15) is 60.6 Å². The van der Waals surface area contributed by atoms with Gasteiger partial charge in [0.15, 0.2) is 6.61 Å². The summed E-state index contributed by atoms with van der Waals surface area (Å²) in [4.78, 5) is 90.2. The lowest BCUT2D eigenvalue weighted by Gasteiger charge is -2.10. The number of ether oxygens (including phenoxy) is 2. The predicted octanol–water partition coefficient (Wildman–Crippen LogP) is 5.67. The van der Waals surface area contributed by atoms with Crippen LogP contribution in [0.3, 0.4) is 0 Å². The van der Waals surface area contributed by atoms with Gasteiger partial charge in [-0.25, -0.2) is 4.79 Å². The standard InChI is InChI=1S/C20H21N3O4S.C19H18N2O4S.C3H4O3.H2/c1-3-13-6-9-16(21-11-13)17(23-26-2)12-27-15-7-4-14(5-8-15)10-18-19(24)22-20(25)28-18;1-2-12-5-8-15(20-10-12)16(22)11-25-14-6-3-13(4-7-14)9-17-18(23)21-19(24)26-17;1-2(4)3(5)6;/h4-9,11,18H,3,10,12H2,1-2H3,(H,22,24,25);3-8,10,17H,2,9,11H2,1H3,(H,21,23,24);1H3,(H,5,6);1H/i;;;1+1. The van der Waals surface area contributed by atoms with Crippen molar-refractivity contribution in [3.8, 4) is 11.5 Å². The fourth-order valence-corrected chi connectivity index (χ4v) is 6.88. The van der Waals surface area contributed by atoms with Crippen LogP contribution in [0.4, 0.5) is 9.59 Å². The number of aliphatic carboxylic acids is 1. The molecule has 60 heavy (non-hydrogen) atoms. The highest BCUT2D eigenvalue weighted by Gasteiger charge is 2.32. The number of rotatable bonds is 16. The Hall–Kier alpha value is -6.40. The van der Waals surface area contributed by atoms with E-state index in [1.54, 1.807) is 24.4 Å². The number of hydrogen-bond donors (Lipinski definition) is 3. The molecule has 0 spiro atoms. The zero-order chi connectivity index (χ0) is 43.6. The van der Waals surface area contributed by atoms with Gasteiger partial charge in [0.1, 0.15) is 36.6 Å². The van der Waals surface area contributed by atoms with Crippen LogP contribution in [0.5, 0.6) is 11.5 Å². The first-order valence-corrected chi connectivity index (χ1v) is 20.3. The van der Waals surface area contributed by atoms with Gasteiger partial charge < -0.3 is 19.4 Å². The van der Waals surface area contributed by atoms with Crippen molar-refractivity contribution in [3.63, 3.8) is 0 Å². The van der Waals surface area contributed by atoms with Crippen LogP contribution in [0, 0.1) is 0 Å². The molecule has 4 heterocycles. The van der Waals surface area contributed by atoms with Crippen LogP contribution in [0.25, 0.3) is 0 Å². The average Bonchev–Trinajstić information content (AvgIpc) is 3.75. The van der Waals surface area contributed by atoms with E-state index in [4.69, 9.17) is 19.4 Å². The number of oxime groups is 1. The molecule has 2 unspecified atom stereocenters. The summed E-state index contributed by atoms with van der Waals surface area (Å²) in [7, 11) is 1.48. The van der Waals surface area contributed by atoms with E-state index in [1.807, 2.05) is 67.7 Å². The number of carboxylic acids is 1. The van der Waals surface area contributed by atoms with E-state index in [2.05, 4.69) is 32.7 Å². The largest absolute Gasteiger partial charge is 0.487 e. The number of aryl methyl sites for hydroxylation is 2. The molecule has 2 aromatic heterocycles. The van der Waals surface area contributed by atoms with Crippen LogP contribution < -0.4 is 20.1 Å². The SMILES string of the molecule is CC(=O)C(=O)O.CCc1ccc(C(=O)COc2ccc(CC3SC(=O)NC3=O)cc2)nc1.CCc1ccc(C(COc2ccc(CC3SC(=O)NC3=O)cc2)=NOC)nc1.[2HH]. The van der Waals surface area contributed by atoms with Gasteiger partial charge >= 0.3 is 5.97 Å². The molecule has 2 fully saturated rings. The summed E-state index contributed by atoms with van der Waals surface area (Å²) in [5.74, 6) is -1.66. The number of carbonyl (C=O) groups excluding carboxylic acids is 6. The number of hydrogen-bond acceptors (Lipinski definition) is 15. The maximum Gasteiger partial charge on any atom is 0.371 e. The number of nitrogens with one attached hydrogen (secondary N) is 2. The second-order valence-electron chi connectivity index (χ2n) is 12.9. The van der Waals surface area contributed by atoms with Crippen LogP contribution in [-0.2, 0) is 49.7 Å². The monoisotopic (exact) mass is 860 g/mol. The van der Waals surface area contributed by atoms with Crippen molar-refractivity contribution in [2.24, 2.45) is 5.16 Å². The molecule has 16 nitrogen and oxygen atoms in total. The van der Waals surface area contributed by atoms with E-state index in [9.17, 15) is 33.6 Å². The molecule has 4 aromatic rings. The van der Waals surface area contributed by atoms with Crippen molar-refractivity contribution >= 4 is 69.1 Å². The highest BCUT2D eigenvalue weighted by atomic mass is 32.2. The third kappa shape index (κ3) is 14.8. The molecule has 2 aromatic carbocycles. The Kier molecular flexibility index (Phi) is 17.9. The molecular formula is C42H45N5O11S2. The summed E-state index contributed by atoms with van der Waals surface area (Å²) in [5.41, 5.74) is 5.77. The van der Waals surface area contributed by atoms with Crippen molar-refractivity contribution in [1.82, 2.24) is 20.6 Å². The number of carbonyl (C=O) groups is 7. The Morgan fingerprint density at radius 3 is 1.45 bits per heavy atom. The quantitative estimate of drug-likeness (QED) is 0.0533. The second-order valence-corrected chi connectivity index (χ2v) is 15.2. The molecule has 316 valence electrons. The fraction of sp³-hybridized carbons (Fsp3) is 0.286. The van der Waals surface area contributed by atoms with E-state index < -0.39 is 17.0 Å². The van der Waals surface area contributed by atoms with Crippen LogP contribution in [-0.4, -0.2) is 91.4 Å². The first-order valence-electron chi connectivity index (χ1n) is 18.5. The number of ketones is 2. The summed E-state index contributed by atoms with van der Waals surface area (Å²) in [6, 6.07) is 22.1. The third-order valence-electron chi connectivity index (χ3n) is 8.52. The van der Waals surface area contributed by atoms with Crippen LogP contribution in [0.15, 0.2) is 90.3 Å². The molecule has 2 aliphatic rings. The normalized spacial score (nSPS) is 15.7. The molecule has 18 heteroatoms. The molecular weight excluding hydrogens is 815 g/mol. The lowest BCUT2D eigenvalue weighted by molar-refractivity contribution is -0.148. The third-order valence-corrected chi connectivity index (χ3v) is 10.5. The Labute approximate surface area is 355 Å². The Balaban J connectivity index is 0.000000283. The first kappa shape index (κ1) is 46.3. The number of aromatic nitrogens is 2. The smallest absolute Gasteiger partial charge is 0.371 e. The molecule has 4 amide bonds. The lowest BCUT2D eigenvalue weighted by Crippen LogP contribution is -2.25. The first-order chi connectivity index (χ1) is 28.8. The minimum Gasteiger partial charge on any atom is -0.487 e. The van der Waals surface area contributed by atoms with Crippen LogP contribution >= 0.6 is 23.5 Å². The topological polar surface area (TPSA) is 230 Å². The van der Waals surface area contributed by atoms with Gasteiger partial charge in [-0.05, 0) is 84.3 Å². The minimum atomic E-state index is -1.38. The van der Waals surface area contributed by atoms with E-state index in [0.717, 1.165) is 65.5 Å². The number of amides is 4. The molecule has 2 aliphatic heterocycles. The zero-order valence-corrected chi connectivity index (χ0v) is 34.8. The van der Waals surface area contributed by atoms with E-state index in [1.165, 1.54) is 7.11 Å². The van der Waals surface area contributed by atoms with Crippen molar-refractivity contribution in [3.05, 3.63) is 119 Å². The van der Waals surface area contributed by atoms with Crippen LogP contribution in [0.2, 0.25) is 0 Å². The number of benzene rings is 2. The lowest BCUT2D eigenvalue weighted by atomic mass is 10.1. The van der Waals surface area contributed by atoms with Gasteiger partial charge in [-0.1, -0.05) is 78.9 Å². The molecule has 0 aliphatic carbocycles. The predicted molar refractivity (Wildman–Crippen MR) is 227 cm³/mol. The van der Waals surface area contributed by atoms with E-state index in [0.29, 0.717) is 41.4 Å². The molecule has 2 saturated heterocycles. The van der Waals surface area contributed by atoms with Gasteiger partial charge in [0.2, 0.25) is 23.4 Å². The minimum absolute atomic E-state index is 0. The van der Waals surface area contributed by atoms with Gasteiger partial charge in [-0.2, -0.15) is 0 Å². The average molecular weight is 861 g/mol. The number of nitrogens with zero attached hydrogens (tertiary/aromatic N) is 3. The molecule has 3 N–H and O–H groups in total. The molecule has 0 saturated carbocycles. The number of pyridine rings is 2. The fourth-order valence-electron chi connectivity index (χ4n) is 5.16. The Bertz CT molecular complexity index is 2180. The second kappa shape index (κ2) is 23.3. The molecule has 6 rings (SSSR count). The van der Waals surface area contributed by atoms with E-state index >= 15 is 0 Å². The van der Waals surface area contributed by atoms with Crippen molar-refractivity contribution in [2.45, 2.75) is 57.0 Å².